The minimum absolute atomic E-state index is 0.205. The van der Waals surface area contributed by atoms with Crippen LogP contribution in [0.25, 0.3) is 0 Å². The molecule has 2 atom stereocenters. The maximum Gasteiger partial charge on any atom is 0.307 e. The van der Waals surface area contributed by atoms with E-state index >= 15 is 0 Å². The van der Waals surface area contributed by atoms with Gasteiger partial charge in [-0.3, -0.25) is 4.79 Å². The summed E-state index contributed by atoms with van der Waals surface area (Å²) >= 11 is 0. The first kappa shape index (κ1) is 14.7. The van der Waals surface area contributed by atoms with Gasteiger partial charge >= 0.3 is 5.97 Å². The van der Waals surface area contributed by atoms with Crippen LogP contribution in [-0.2, 0) is 4.79 Å². The molecule has 1 aromatic rings. The smallest absolute Gasteiger partial charge is 0.307 e. The van der Waals surface area contributed by atoms with Crippen LogP contribution in [0.2, 0.25) is 0 Å². The second-order valence-electron chi connectivity index (χ2n) is 4.97. The van der Waals surface area contributed by atoms with Crippen LogP contribution in [0.4, 0.5) is 0 Å². The fraction of sp³-hybridized carbons (Fsp3) is 0.533. The van der Waals surface area contributed by atoms with Gasteiger partial charge in [-0.05, 0) is 43.7 Å². The van der Waals surface area contributed by atoms with Gasteiger partial charge in [0.05, 0.1) is 5.92 Å². The van der Waals surface area contributed by atoms with Gasteiger partial charge in [0, 0.05) is 6.54 Å². The normalized spacial score (nSPS) is 14.2. The summed E-state index contributed by atoms with van der Waals surface area (Å²) in [4.78, 5) is 11.1. The van der Waals surface area contributed by atoms with Crippen molar-refractivity contribution in [2.75, 3.05) is 6.54 Å². The third-order valence-electron chi connectivity index (χ3n) is 3.56. The van der Waals surface area contributed by atoms with E-state index in [1.54, 1.807) is 0 Å². The maximum atomic E-state index is 11.1. The quantitative estimate of drug-likeness (QED) is 0.814. The summed E-state index contributed by atoms with van der Waals surface area (Å²) in [6, 6.07) is 6.35. The lowest BCUT2D eigenvalue weighted by Gasteiger charge is -2.21. The van der Waals surface area contributed by atoms with Gasteiger partial charge in [-0.1, -0.05) is 30.7 Å². The van der Waals surface area contributed by atoms with Crippen LogP contribution in [0, 0.1) is 19.8 Å². The molecule has 1 rings (SSSR count). The van der Waals surface area contributed by atoms with E-state index in [-0.39, 0.29) is 12.5 Å². The summed E-state index contributed by atoms with van der Waals surface area (Å²) in [5, 5.41) is 9.10. The molecule has 0 aliphatic heterocycles. The summed E-state index contributed by atoms with van der Waals surface area (Å²) in [5.74, 6) is -0.966. The largest absolute Gasteiger partial charge is 0.481 e. The Morgan fingerprint density at radius 1 is 1.39 bits per heavy atom. The van der Waals surface area contributed by atoms with Crippen molar-refractivity contribution in [1.29, 1.82) is 0 Å². The van der Waals surface area contributed by atoms with Gasteiger partial charge in [-0.2, -0.15) is 0 Å². The van der Waals surface area contributed by atoms with Crippen LogP contribution < -0.4 is 5.73 Å². The van der Waals surface area contributed by atoms with Crippen molar-refractivity contribution in [3.05, 3.63) is 34.9 Å². The Kier molecular flexibility index (Phi) is 5.35. The second-order valence-corrected chi connectivity index (χ2v) is 4.97. The van der Waals surface area contributed by atoms with Gasteiger partial charge in [0.15, 0.2) is 0 Å². The van der Waals surface area contributed by atoms with Crippen molar-refractivity contribution in [1.82, 2.24) is 0 Å². The average Bonchev–Trinajstić information content (AvgIpc) is 2.31. The fourth-order valence-corrected chi connectivity index (χ4v) is 2.44. The number of carboxylic acid groups (broad SMARTS) is 1. The number of aliphatic carboxylic acids is 1. The predicted octanol–water partition coefficient (Wildman–Crippen LogP) is 2.85. The second kappa shape index (κ2) is 6.55. The van der Waals surface area contributed by atoms with Crippen molar-refractivity contribution in [3.63, 3.8) is 0 Å². The van der Waals surface area contributed by atoms with Crippen LogP contribution in [0.3, 0.4) is 0 Å². The summed E-state index contributed by atoms with van der Waals surface area (Å²) in [7, 11) is 0. The molecule has 18 heavy (non-hydrogen) atoms. The Morgan fingerprint density at radius 3 is 2.50 bits per heavy atom. The topological polar surface area (TPSA) is 63.3 Å². The van der Waals surface area contributed by atoms with Crippen LogP contribution in [0.1, 0.15) is 42.4 Å². The highest BCUT2D eigenvalue weighted by atomic mass is 16.4. The molecular formula is C15H23NO2. The molecule has 0 spiro atoms. The van der Waals surface area contributed by atoms with Crippen molar-refractivity contribution in [2.45, 2.75) is 39.5 Å². The van der Waals surface area contributed by atoms with E-state index in [0.29, 0.717) is 6.42 Å². The molecule has 0 radical (unpaired) electrons. The summed E-state index contributed by atoms with van der Waals surface area (Å²) in [6.07, 6.45) is 1.56. The minimum Gasteiger partial charge on any atom is -0.481 e. The first-order valence-electron chi connectivity index (χ1n) is 6.49. The maximum absolute atomic E-state index is 11.1. The molecular weight excluding hydrogens is 226 g/mol. The van der Waals surface area contributed by atoms with E-state index in [4.69, 9.17) is 10.8 Å². The number of rotatable bonds is 6. The molecule has 3 heteroatoms. The first-order valence-corrected chi connectivity index (χ1v) is 6.49. The highest BCUT2D eigenvalue weighted by molar-refractivity contribution is 5.70. The summed E-state index contributed by atoms with van der Waals surface area (Å²) in [5.41, 5.74) is 9.26. The van der Waals surface area contributed by atoms with Gasteiger partial charge in [-0.25, -0.2) is 0 Å². The third kappa shape index (κ3) is 3.57. The summed E-state index contributed by atoms with van der Waals surface area (Å²) < 4.78 is 0. The Labute approximate surface area is 109 Å². The third-order valence-corrected chi connectivity index (χ3v) is 3.56. The van der Waals surface area contributed by atoms with Crippen LogP contribution in [0.15, 0.2) is 18.2 Å². The van der Waals surface area contributed by atoms with Crippen molar-refractivity contribution < 1.29 is 9.90 Å². The van der Waals surface area contributed by atoms with E-state index in [9.17, 15) is 4.79 Å². The molecule has 0 aliphatic rings. The van der Waals surface area contributed by atoms with Crippen LogP contribution in [0.5, 0.6) is 0 Å². The Balaban J connectivity index is 2.92. The zero-order valence-electron chi connectivity index (χ0n) is 11.4. The van der Waals surface area contributed by atoms with Gasteiger partial charge in [0.25, 0.3) is 0 Å². The Morgan fingerprint density at radius 2 is 2.06 bits per heavy atom. The number of benzene rings is 1. The molecule has 3 N–H and O–H groups in total. The van der Waals surface area contributed by atoms with Crippen molar-refractivity contribution in [3.8, 4) is 0 Å². The highest BCUT2D eigenvalue weighted by Gasteiger charge is 2.22. The van der Waals surface area contributed by atoms with E-state index < -0.39 is 11.9 Å². The molecule has 100 valence electrons. The fourth-order valence-electron chi connectivity index (χ4n) is 2.44. The van der Waals surface area contributed by atoms with E-state index in [1.165, 1.54) is 16.7 Å². The number of carboxylic acids is 1. The minimum atomic E-state index is -0.791. The lowest BCUT2D eigenvalue weighted by Crippen LogP contribution is -2.25. The zero-order valence-corrected chi connectivity index (χ0v) is 11.4. The molecule has 0 saturated carbocycles. The molecule has 0 saturated heterocycles. The standard InChI is InChI=1S/C15H23NO2/c1-4-12(8-13(9-16)15(17)18)14-6-5-10(2)7-11(14)3/h5-7,12-13H,4,8-9,16H2,1-3H3,(H,17,18). The first-order chi connectivity index (χ1) is 8.49. The molecule has 0 heterocycles. The molecule has 0 aromatic heterocycles. The molecule has 0 aliphatic carbocycles. The number of aryl methyl sites for hydroxylation is 2. The monoisotopic (exact) mass is 249 g/mol. The summed E-state index contributed by atoms with van der Waals surface area (Å²) in [6.45, 7) is 6.46. The predicted molar refractivity (Wildman–Crippen MR) is 73.7 cm³/mol. The molecule has 2 unspecified atom stereocenters. The van der Waals surface area contributed by atoms with Gasteiger partial charge < -0.3 is 10.8 Å². The zero-order chi connectivity index (χ0) is 13.7. The lowest BCUT2D eigenvalue weighted by atomic mass is 9.84. The van der Waals surface area contributed by atoms with Crippen LogP contribution >= 0.6 is 0 Å². The lowest BCUT2D eigenvalue weighted by molar-refractivity contribution is -0.141. The number of nitrogens with two attached hydrogens (primary N) is 1. The number of hydrogen-bond donors (Lipinski definition) is 2. The average molecular weight is 249 g/mol. The van der Waals surface area contributed by atoms with E-state index in [0.717, 1.165) is 6.42 Å². The Hall–Kier alpha value is -1.35. The van der Waals surface area contributed by atoms with Gasteiger partial charge in [0.2, 0.25) is 0 Å². The van der Waals surface area contributed by atoms with Gasteiger partial charge in [-0.15, -0.1) is 0 Å². The number of carbonyl (C=O) groups is 1. The van der Waals surface area contributed by atoms with Crippen molar-refractivity contribution >= 4 is 5.97 Å². The molecule has 3 nitrogen and oxygen atoms in total. The highest BCUT2D eigenvalue weighted by Crippen LogP contribution is 2.29. The van der Waals surface area contributed by atoms with E-state index in [2.05, 4.69) is 39.0 Å². The molecule has 1 aromatic carbocycles. The van der Waals surface area contributed by atoms with E-state index in [1.807, 2.05) is 0 Å². The molecule has 0 bridgehead atoms. The van der Waals surface area contributed by atoms with Gasteiger partial charge in [0.1, 0.15) is 0 Å². The van der Waals surface area contributed by atoms with Crippen LogP contribution in [-0.4, -0.2) is 17.6 Å². The number of hydrogen-bond acceptors (Lipinski definition) is 2. The van der Waals surface area contributed by atoms with Crippen molar-refractivity contribution in [2.24, 2.45) is 11.7 Å². The Bertz CT molecular complexity index is 415. The SMILES string of the molecule is CCC(CC(CN)C(=O)O)c1ccc(C)cc1C. The molecule has 0 fully saturated rings. The molecule has 0 amide bonds.